The monoisotopic (exact) mass is 442 g/mol. The van der Waals surface area contributed by atoms with E-state index in [0.717, 1.165) is 0 Å². The Kier molecular flexibility index (Phi) is 8.01. The summed E-state index contributed by atoms with van der Waals surface area (Å²) in [5.41, 5.74) is -0.0110. The van der Waals surface area contributed by atoms with Gasteiger partial charge < -0.3 is 20.8 Å². The first-order valence-corrected chi connectivity index (χ1v) is 9.74. The molecule has 0 fully saturated rings. The highest BCUT2D eigenvalue weighted by atomic mass is 79.9. The molecule has 4 N–H and O–H groups in total. The number of hydrogen-bond donors (Lipinski definition) is 4. The lowest BCUT2D eigenvalue weighted by Gasteiger charge is -2.30. The average Bonchev–Trinajstić information content (AvgIpc) is 2.55. The van der Waals surface area contributed by atoms with Gasteiger partial charge in [-0.15, -0.1) is 0 Å². The van der Waals surface area contributed by atoms with Crippen molar-refractivity contribution in [3.63, 3.8) is 0 Å². The summed E-state index contributed by atoms with van der Waals surface area (Å²) in [5, 5.41) is 24.7. The third kappa shape index (κ3) is 6.30. The highest BCUT2D eigenvalue weighted by molar-refractivity contribution is 9.10. The molecule has 0 saturated carbocycles. The van der Waals surface area contributed by atoms with E-state index in [9.17, 15) is 19.8 Å². The van der Waals surface area contributed by atoms with Crippen LogP contribution in [0.1, 0.15) is 62.3 Å². The molecule has 0 radical (unpaired) electrons. The molecule has 1 rings (SSSR count). The van der Waals surface area contributed by atoms with Crippen molar-refractivity contribution in [2.45, 2.75) is 53.6 Å². The van der Waals surface area contributed by atoms with E-state index in [0.29, 0.717) is 15.6 Å². The maximum Gasteiger partial charge on any atom is 0.252 e. The number of benzene rings is 1. The third-order valence-electron chi connectivity index (χ3n) is 4.55. The molecular formula is C20H31BrN2O4. The van der Waals surface area contributed by atoms with Gasteiger partial charge in [0.2, 0.25) is 0 Å². The molecule has 1 aromatic rings. The second-order valence-corrected chi connectivity index (χ2v) is 9.61. The zero-order valence-electron chi connectivity index (χ0n) is 16.9. The molecule has 0 aromatic heterocycles. The molecule has 0 spiro atoms. The Labute approximate surface area is 169 Å². The number of hydrogen-bond acceptors (Lipinski definition) is 4. The predicted octanol–water partition coefficient (Wildman–Crippen LogP) is 2.72. The molecular weight excluding hydrogens is 412 g/mol. The van der Waals surface area contributed by atoms with Gasteiger partial charge in [0.05, 0.1) is 36.4 Å². The number of carbonyl (C=O) groups excluding carboxylic acids is 2. The topological polar surface area (TPSA) is 98.7 Å². The molecule has 7 heteroatoms. The number of carbonyl (C=O) groups is 2. The van der Waals surface area contributed by atoms with Crippen LogP contribution in [0.3, 0.4) is 0 Å². The molecule has 27 heavy (non-hydrogen) atoms. The lowest BCUT2D eigenvalue weighted by atomic mass is 9.87. The van der Waals surface area contributed by atoms with Crippen LogP contribution in [0.4, 0.5) is 0 Å². The Morgan fingerprint density at radius 3 is 1.48 bits per heavy atom. The van der Waals surface area contributed by atoms with Crippen LogP contribution in [-0.2, 0) is 0 Å². The normalized spacial score (nSPS) is 14.4. The second kappa shape index (κ2) is 9.17. The standard InChI is InChI=1S/C20H31BrN2O4/c1-19(2,3)14(10-24)22-17(26)12-8-7-9-13(16(12)21)18(27)23-15(11-25)20(4,5)6/h7-9,14-15,24-25H,10-11H2,1-6H3,(H,22,26)(H,23,27)/t14-,15-/m1/s1. The van der Waals surface area contributed by atoms with E-state index in [1.165, 1.54) is 0 Å². The van der Waals surface area contributed by atoms with Crippen molar-refractivity contribution in [2.75, 3.05) is 13.2 Å². The van der Waals surface area contributed by atoms with Gasteiger partial charge in [-0.3, -0.25) is 9.59 Å². The molecule has 6 nitrogen and oxygen atoms in total. The molecule has 2 atom stereocenters. The first kappa shape index (κ1) is 23.6. The number of aliphatic hydroxyl groups is 2. The average molecular weight is 443 g/mol. The number of halogens is 1. The number of aliphatic hydroxyl groups excluding tert-OH is 2. The lowest BCUT2D eigenvalue weighted by Crippen LogP contribution is -2.47. The summed E-state index contributed by atoms with van der Waals surface area (Å²) in [5.74, 6) is -0.750. The minimum absolute atomic E-state index is 0.184. The Balaban J connectivity index is 3.09. The fourth-order valence-electron chi connectivity index (χ4n) is 2.43. The van der Waals surface area contributed by atoms with Crippen molar-refractivity contribution < 1.29 is 19.8 Å². The zero-order chi connectivity index (χ0) is 21.0. The quantitative estimate of drug-likeness (QED) is 0.544. The van der Waals surface area contributed by atoms with Crippen molar-refractivity contribution in [1.29, 1.82) is 0 Å². The van der Waals surface area contributed by atoms with Crippen molar-refractivity contribution in [3.05, 3.63) is 33.8 Å². The van der Waals surface area contributed by atoms with Crippen LogP contribution in [0.15, 0.2) is 22.7 Å². The van der Waals surface area contributed by atoms with Gasteiger partial charge in [-0.25, -0.2) is 0 Å². The van der Waals surface area contributed by atoms with E-state index in [1.807, 2.05) is 41.5 Å². The van der Waals surface area contributed by atoms with E-state index in [4.69, 9.17) is 0 Å². The highest BCUT2D eigenvalue weighted by Crippen LogP contribution is 2.25. The molecule has 0 aliphatic carbocycles. The highest BCUT2D eigenvalue weighted by Gasteiger charge is 2.29. The molecule has 0 aliphatic rings. The van der Waals surface area contributed by atoms with E-state index < -0.39 is 12.1 Å². The van der Waals surface area contributed by atoms with E-state index in [1.54, 1.807) is 18.2 Å². The summed E-state index contributed by atoms with van der Waals surface area (Å²) < 4.78 is 0.371. The molecule has 0 saturated heterocycles. The number of rotatable bonds is 6. The summed E-state index contributed by atoms with van der Waals surface area (Å²) in [6.45, 7) is 11.2. The van der Waals surface area contributed by atoms with E-state index in [-0.39, 0.29) is 35.9 Å². The second-order valence-electron chi connectivity index (χ2n) is 8.82. The Morgan fingerprint density at radius 2 is 1.22 bits per heavy atom. The summed E-state index contributed by atoms with van der Waals surface area (Å²) in [7, 11) is 0. The molecule has 0 bridgehead atoms. The maximum atomic E-state index is 12.7. The zero-order valence-corrected chi connectivity index (χ0v) is 18.5. The smallest absolute Gasteiger partial charge is 0.252 e. The number of nitrogens with one attached hydrogen (secondary N) is 2. The predicted molar refractivity (Wildman–Crippen MR) is 110 cm³/mol. The lowest BCUT2D eigenvalue weighted by molar-refractivity contribution is 0.0843. The minimum atomic E-state index is -0.422. The summed E-state index contributed by atoms with van der Waals surface area (Å²) in [4.78, 5) is 25.3. The van der Waals surface area contributed by atoms with Crippen molar-refractivity contribution in [1.82, 2.24) is 10.6 Å². The molecule has 0 heterocycles. The molecule has 1 aromatic carbocycles. The van der Waals surface area contributed by atoms with E-state index >= 15 is 0 Å². The van der Waals surface area contributed by atoms with Gasteiger partial charge in [0.15, 0.2) is 0 Å². The van der Waals surface area contributed by atoms with Gasteiger partial charge in [-0.1, -0.05) is 47.6 Å². The fourth-order valence-corrected chi connectivity index (χ4v) is 3.05. The first-order valence-electron chi connectivity index (χ1n) is 8.94. The Bertz CT molecular complexity index is 623. The Hall–Kier alpha value is -1.44. The third-order valence-corrected chi connectivity index (χ3v) is 5.41. The summed E-state index contributed by atoms with van der Waals surface area (Å²) in [6.07, 6.45) is 0. The van der Waals surface area contributed by atoms with Crippen LogP contribution in [0.25, 0.3) is 0 Å². The molecule has 152 valence electrons. The summed E-state index contributed by atoms with van der Waals surface area (Å²) in [6, 6.07) is 4.01. The first-order chi connectivity index (χ1) is 12.3. The fraction of sp³-hybridized carbons (Fsp3) is 0.600. The van der Waals surface area contributed by atoms with Gasteiger partial charge in [-0.2, -0.15) is 0 Å². The van der Waals surface area contributed by atoms with Crippen molar-refractivity contribution in [3.8, 4) is 0 Å². The van der Waals surface area contributed by atoms with Gasteiger partial charge in [-0.05, 0) is 38.9 Å². The van der Waals surface area contributed by atoms with Gasteiger partial charge in [0.25, 0.3) is 11.8 Å². The van der Waals surface area contributed by atoms with Crippen LogP contribution < -0.4 is 10.6 Å². The SMILES string of the molecule is CC(C)(C)[C@@H](CO)NC(=O)c1cccc(C(=O)N[C@H](CO)C(C)(C)C)c1Br. The molecule has 2 amide bonds. The van der Waals surface area contributed by atoms with Gasteiger partial charge in [0, 0.05) is 4.47 Å². The van der Waals surface area contributed by atoms with Crippen LogP contribution in [-0.4, -0.2) is 47.3 Å². The Morgan fingerprint density at radius 1 is 0.889 bits per heavy atom. The minimum Gasteiger partial charge on any atom is -0.394 e. The van der Waals surface area contributed by atoms with Crippen LogP contribution in [0.5, 0.6) is 0 Å². The largest absolute Gasteiger partial charge is 0.394 e. The van der Waals surface area contributed by atoms with Gasteiger partial charge >= 0.3 is 0 Å². The maximum absolute atomic E-state index is 12.7. The van der Waals surface area contributed by atoms with Crippen molar-refractivity contribution in [2.24, 2.45) is 10.8 Å². The van der Waals surface area contributed by atoms with Crippen LogP contribution in [0, 0.1) is 10.8 Å². The molecule has 0 unspecified atom stereocenters. The van der Waals surface area contributed by atoms with Crippen molar-refractivity contribution >= 4 is 27.7 Å². The molecule has 0 aliphatic heterocycles. The number of amides is 2. The summed E-state index contributed by atoms with van der Waals surface area (Å²) >= 11 is 3.36. The van der Waals surface area contributed by atoms with E-state index in [2.05, 4.69) is 26.6 Å². The van der Waals surface area contributed by atoms with Gasteiger partial charge in [0.1, 0.15) is 0 Å². The van der Waals surface area contributed by atoms with Crippen LogP contribution in [0.2, 0.25) is 0 Å². The van der Waals surface area contributed by atoms with Crippen LogP contribution >= 0.6 is 15.9 Å².